The number of halogens is 2. The topological polar surface area (TPSA) is 46.3 Å². The molecule has 4 rings (SSSR count). The monoisotopic (exact) mass is 325 g/mol. The zero-order valence-corrected chi connectivity index (χ0v) is 12.8. The van der Waals surface area contributed by atoms with E-state index in [4.69, 9.17) is 0 Å². The number of nitrogens with zero attached hydrogens (tertiary/aromatic N) is 5. The maximum atomic E-state index is 13.9. The Bertz CT molecular complexity index is 1030. The summed E-state index contributed by atoms with van der Waals surface area (Å²) < 4.78 is 29.2. The number of para-hydroxylation sites is 1. The highest BCUT2D eigenvalue weighted by molar-refractivity contribution is 5.93. The van der Waals surface area contributed by atoms with Gasteiger partial charge in [0.15, 0.2) is 11.6 Å². The first kappa shape index (κ1) is 14.5. The first-order valence-corrected chi connectivity index (χ1v) is 7.50. The van der Waals surface area contributed by atoms with Crippen LogP contribution in [-0.4, -0.2) is 26.1 Å². The van der Waals surface area contributed by atoms with E-state index < -0.39 is 11.6 Å². The lowest BCUT2D eigenvalue weighted by Crippen LogP contribution is -2.18. The van der Waals surface area contributed by atoms with Gasteiger partial charge in [0, 0.05) is 23.7 Å². The zero-order chi connectivity index (χ0) is 16.7. The Balaban J connectivity index is 2.07. The summed E-state index contributed by atoms with van der Waals surface area (Å²) in [6, 6.07) is 11.9. The molecule has 7 heteroatoms. The van der Waals surface area contributed by atoms with E-state index in [9.17, 15) is 8.78 Å². The Kier molecular flexibility index (Phi) is 3.34. The average Bonchev–Trinajstić information content (AvgIpc) is 3.07. The van der Waals surface area contributed by atoms with Crippen LogP contribution in [0.25, 0.3) is 16.7 Å². The molecular formula is C17H13F2N5. The van der Waals surface area contributed by atoms with Crippen molar-refractivity contribution in [1.29, 1.82) is 0 Å². The molecule has 0 aliphatic rings. The van der Waals surface area contributed by atoms with Gasteiger partial charge in [-0.1, -0.05) is 18.2 Å². The maximum absolute atomic E-state index is 13.9. The number of rotatable bonds is 3. The highest BCUT2D eigenvalue weighted by atomic mass is 19.2. The van der Waals surface area contributed by atoms with E-state index in [1.807, 2.05) is 42.2 Å². The largest absolute Gasteiger partial charge is 0.326 e. The Morgan fingerprint density at radius 2 is 1.83 bits per heavy atom. The molecule has 0 aliphatic carbocycles. The molecule has 0 spiro atoms. The summed E-state index contributed by atoms with van der Waals surface area (Å²) >= 11 is 0. The molecule has 2 aromatic carbocycles. The summed E-state index contributed by atoms with van der Waals surface area (Å²) in [5, 5.41) is 8.26. The van der Waals surface area contributed by atoms with E-state index in [-0.39, 0.29) is 0 Å². The molecule has 0 amide bonds. The summed E-state index contributed by atoms with van der Waals surface area (Å²) in [4.78, 5) is 6.43. The molecule has 0 radical (unpaired) electrons. The van der Waals surface area contributed by atoms with Crippen molar-refractivity contribution in [2.75, 3.05) is 11.4 Å². The minimum absolute atomic E-state index is 0.331. The molecule has 4 aromatic rings. The van der Waals surface area contributed by atoms with Crippen LogP contribution in [0.2, 0.25) is 0 Å². The second-order valence-corrected chi connectivity index (χ2v) is 5.30. The van der Waals surface area contributed by atoms with E-state index in [2.05, 4.69) is 15.2 Å². The van der Waals surface area contributed by atoms with Crippen LogP contribution >= 0.6 is 0 Å². The predicted molar refractivity (Wildman–Crippen MR) is 87.3 cm³/mol. The number of hydrogen-bond acceptors (Lipinski definition) is 4. The number of anilines is 2. The van der Waals surface area contributed by atoms with Crippen molar-refractivity contribution in [3.63, 3.8) is 0 Å². The van der Waals surface area contributed by atoms with E-state index in [0.717, 1.165) is 17.8 Å². The van der Waals surface area contributed by atoms with Crippen LogP contribution in [0.1, 0.15) is 6.92 Å². The Hall–Kier alpha value is -3.09. The van der Waals surface area contributed by atoms with Crippen molar-refractivity contribution in [3.05, 3.63) is 60.4 Å². The van der Waals surface area contributed by atoms with Crippen LogP contribution in [0.5, 0.6) is 0 Å². The third-order valence-corrected chi connectivity index (χ3v) is 3.91. The highest BCUT2D eigenvalue weighted by Gasteiger charge is 2.18. The fourth-order valence-corrected chi connectivity index (χ4v) is 2.81. The molecule has 0 atom stereocenters. The zero-order valence-electron chi connectivity index (χ0n) is 12.8. The van der Waals surface area contributed by atoms with Gasteiger partial charge in [0.05, 0.1) is 5.52 Å². The van der Waals surface area contributed by atoms with Gasteiger partial charge in [0.1, 0.15) is 12.1 Å². The molecule has 0 saturated carbocycles. The first-order valence-electron chi connectivity index (χ1n) is 7.50. The van der Waals surface area contributed by atoms with Crippen molar-refractivity contribution < 1.29 is 8.78 Å². The molecule has 2 heterocycles. The van der Waals surface area contributed by atoms with Crippen molar-refractivity contribution in [2.24, 2.45) is 0 Å². The molecule has 24 heavy (non-hydrogen) atoms. The summed E-state index contributed by atoms with van der Waals surface area (Å²) in [6.07, 6.45) is 1.44. The summed E-state index contributed by atoms with van der Waals surface area (Å²) in [5.41, 5.74) is 1.37. The molecule has 0 fully saturated rings. The molecule has 2 aromatic heterocycles. The van der Waals surface area contributed by atoms with Gasteiger partial charge < -0.3 is 4.90 Å². The highest BCUT2D eigenvalue weighted by Crippen LogP contribution is 2.32. The fourth-order valence-electron chi connectivity index (χ4n) is 2.81. The number of aromatic nitrogens is 4. The van der Waals surface area contributed by atoms with Crippen molar-refractivity contribution in [2.45, 2.75) is 6.92 Å². The van der Waals surface area contributed by atoms with E-state index in [1.165, 1.54) is 6.33 Å². The normalized spacial score (nSPS) is 11.3. The SMILES string of the molecule is CCN(c1ccccc1)c1nc2nncn2c2cc(F)c(F)cc12. The lowest BCUT2D eigenvalue weighted by atomic mass is 10.2. The molecule has 5 nitrogen and oxygen atoms in total. The minimum Gasteiger partial charge on any atom is -0.326 e. The maximum Gasteiger partial charge on any atom is 0.257 e. The van der Waals surface area contributed by atoms with Crippen molar-refractivity contribution in [1.82, 2.24) is 19.6 Å². The van der Waals surface area contributed by atoms with Gasteiger partial charge >= 0.3 is 0 Å². The number of benzene rings is 2. The Morgan fingerprint density at radius 3 is 2.58 bits per heavy atom. The third kappa shape index (κ3) is 2.17. The molecule has 0 N–H and O–H groups in total. The lowest BCUT2D eigenvalue weighted by Gasteiger charge is -2.23. The third-order valence-electron chi connectivity index (χ3n) is 3.91. The molecule has 0 unspecified atom stereocenters. The van der Waals surface area contributed by atoms with Gasteiger partial charge in [0.2, 0.25) is 0 Å². The number of hydrogen-bond donors (Lipinski definition) is 0. The van der Waals surface area contributed by atoms with Crippen LogP contribution < -0.4 is 4.90 Å². The van der Waals surface area contributed by atoms with Gasteiger partial charge in [-0.05, 0) is 25.1 Å². The van der Waals surface area contributed by atoms with Crippen LogP contribution in [-0.2, 0) is 0 Å². The summed E-state index contributed by atoms with van der Waals surface area (Å²) in [5.74, 6) is -0.990. The molecule has 0 bridgehead atoms. The first-order chi connectivity index (χ1) is 11.7. The standard InChI is InChI=1S/C17H13F2N5/c1-2-23(11-6-4-3-5-7-11)16-12-8-13(18)14(19)9-15(12)24-10-20-22-17(24)21-16/h3-10H,2H2,1H3. The lowest BCUT2D eigenvalue weighted by molar-refractivity contribution is 0.510. The summed E-state index contributed by atoms with van der Waals surface area (Å²) in [6.45, 7) is 2.57. The Labute approximate surface area is 136 Å². The van der Waals surface area contributed by atoms with Crippen LogP contribution in [0.4, 0.5) is 20.3 Å². The van der Waals surface area contributed by atoms with Crippen LogP contribution in [0, 0.1) is 11.6 Å². The fraction of sp³-hybridized carbons (Fsp3) is 0.118. The molecule has 0 aliphatic heterocycles. The minimum atomic E-state index is -0.919. The van der Waals surface area contributed by atoms with Gasteiger partial charge in [0.25, 0.3) is 5.78 Å². The van der Waals surface area contributed by atoms with Crippen molar-refractivity contribution in [3.8, 4) is 0 Å². The molecule has 120 valence electrons. The van der Waals surface area contributed by atoms with Gasteiger partial charge in [-0.15, -0.1) is 10.2 Å². The van der Waals surface area contributed by atoms with Crippen molar-refractivity contribution >= 4 is 28.2 Å². The Morgan fingerprint density at radius 1 is 1.08 bits per heavy atom. The second kappa shape index (κ2) is 5.52. The van der Waals surface area contributed by atoms with Crippen LogP contribution in [0.3, 0.4) is 0 Å². The average molecular weight is 325 g/mol. The predicted octanol–water partition coefficient (Wildman–Crippen LogP) is 3.71. The summed E-state index contributed by atoms with van der Waals surface area (Å²) in [7, 11) is 0. The van der Waals surface area contributed by atoms with Gasteiger partial charge in [-0.3, -0.25) is 4.40 Å². The van der Waals surface area contributed by atoms with E-state index in [1.54, 1.807) is 4.40 Å². The molecular weight excluding hydrogens is 312 g/mol. The quantitative estimate of drug-likeness (QED) is 0.576. The second-order valence-electron chi connectivity index (χ2n) is 5.30. The van der Waals surface area contributed by atoms with E-state index >= 15 is 0 Å². The van der Waals surface area contributed by atoms with Crippen LogP contribution in [0.15, 0.2) is 48.8 Å². The van der Waals surface area contributed by atoms with E-state index in [0.29, 0.717) is 29.0 Å². The smallest absolute Gasteiger partial charge is 0.257 e. The number of fused-ring (bicyclic) bond motifs is 3. The van der Waals surface area contributed by atoms with Gasteiger partial charge in [-0.2, -0.15) is 4.98 Å². The molecule has 0 saturated heterocycles. The van der Waals surface area contributed by atoms with Gasteiger partial charge in [-0.25, -0.2) is 8.78 Å².